The average molecular weight is 409 g/mol. The third-order valence-corrected chi connectivity index (χ3v) is 5.02. The number of nitrogens with zero attached hydrogens (tertiary/aromatic N) is 6. The average Bonchev–Trinajstić information content (AvgIpc) is 3.13. The molecular weight excluding hydrogens is 390 g/mol. The third-order valence-electron chi connectivity index (χ3n) is 4.76. The molecule has 0 spiro atoms. The van der Waals surface area contributed by atoms with Gasteiger partial charge in [-0.05, 0) is 49.7 Å². The van der Waals surface area contributed by atoms with Gasteiger partial charge in [0, 0.05) is 30.9 Å². The van der Waals surface area contributed by atoms with Crippen LogP contribution in [0.25, 0.3) is 11.5 Å². The number of pyridine rings is 1. The Labute approximate surface area is 171 Å². The maximum absolute atomic E-state index is 11.6. The minimum Gasteiger partial charge on any atom is -0.366 e. The lowest BCUT2D eigenvalue weighted by molar-refractivity contribution is -0.384. The number of aromatic nitrogens is 4. The summed E-state index contributed by atoms with van der Waals surface area (Å²) in [5.41, 5.74) is 1.95. The highest BCUT2D eigenvalue weighted by atomic mass is 32.1. The Morgan fingerprint density at radius 3 is 2.76 bits per heavy atom. The van der Waals surface area contributed by atoms with Crippen molar-refractivity contribution >= 4 is 29.8 Å². The zero-order valence-corrected chi connectivity index (χ0v) is 16.4. The van der Waals surface area contributed by atoms with Gasteiger partial charge in [0.05, 0.1) is 11.1 Å². The summed E-state index contributed by atoms with van der Waals surface area (Å²) >= 11 is 5.25. The maximum Gasteiger partial charge on any atom is 0.293 e. The van der Waals surface area contributed by atoms with Crippen LogP contribution in [0.5, 0.6) is 0 Å². The van der Waals surface area contributed by atoms with Crippen LogP contribution in [0.3, 0.4) is 0 Å². The largest absolute Gasteiger partial charge is 0.366 e. The second-order valence-electron chi connectivity index (χ2n) is 6.68. The van der Waals surface area contributed by atoms with E-state index in [4.69, 9.17) is 12.2 Å². The van der Waals surface area contributed by atoms with E-state index in [0.29, 0.717) is 27.5 Å². The van der Waals surface area contributed by atoms with Crippen LogP contribution in [-0.2, 0) is 0 Å². The maximum atomic E-state index is 11.6. The first kappa shape index (κ1) is 18.9. The molecular formula is C19H19N7O2S. The molecule has 1 N–H and O–H groups in total. The fraction of sp³-hybridized carbons (Fsp3) is 0.263. The SMILES string of the molecule is O=[N+]([O-])c1cc(C=Nn2c(-c3ccccn3)n[nH]c2=S)ccc1N1CCCCC1. The van der Waals surface area contributed by atoms with Crippen molar-refractivity contribution in [2.45, 2.75) is 19.3 Å². The monoisotopic (exact) mass is 409 g/mol. The Bertz CT molecular complexity index is 1100. The summed E-state index contributed by atoms with van der Waals surface area (Å²) in [4.78, 5) is 17.6. The van der Waals surface area contributed by atoms with Gasteiger partial charge >= 0.3 is 0 Å². The highest BCUT2D eigenvalue weighted by Gasteiger charge is 2.21. The molecule has 0 radical (unpaired) electrons. The number of nitrogens with one attached hydrogen (secondary N) is 1. The molecule has 2 aromatic heterocycles. The summed E-state index contributed by atoms with van der Waals surface area (Å²) in [5, 5.41) is 22.9. The highest BCUT2D eigenvalue weighted by molar-refractivity contribution is 7.71. The van der Waals surface area contributed by atoms with Crippen LogP contribution in [-0.4, -0.2) is 44.1 Å². The molecule has 9 nitrogen and oxygen atoms in total. The molecule has 1 saturated heterocycles. The van der Waals surface area contributed by atoms with Gasteiger partial charge in [-0.1, -0.05) is 12.1 Å². The van der Waals surface area contributed by atoms with E-state index in [2.05, 4.69) is 25.2 Å². The molecule has 1 fully saturated rings. The number of H-pyrrole nitrogens is 1. The molecule has 10 heteroatoms. The predicted octanol–water partition coefficient (Wildman–Crippen LogP) is 3.78. The second-order valence-corrected chi connectivity index (χ2v) is 7.06. The molecule has 0 saturated carbocycles. The standard InChI is InChI=1S/C19H19N7O2S/c27-26(28)17-12-14(7-8-16(17)24-10-4-1-5-11-24)13-21-25-18(22-23-19(25)29)15-6-2-3-9-20-15/h2-3,6-9,12-13H,1,4-5,10-11H2,(H,23,29). The normalized spacial score (nSPS) is 14.4. The fourth-order valence-corrected chi connectivity index (χ4v) is 3.53. The van der Waals surface area contributed by atoms with Crippen molar-refractivity contribution in [2.75, 3.05) is 18.0 Å². The van der Waals surface area contributed by atoms with E-state index < -0.39 is 0 Å². The topological polar surface area (TPSA) is 105 Å². The number of nitro groups is 1. The lowest BCUT2D eigenvalue weighted by atomic mass is 10.1. The molecule has 3 heterocycles. The molecule has 0 atom stereocenters. The van der Waals surface area contributed by atoms with Gasteiger partial charge < -0.3 is 4.90 Å². The molecule has 0 unspecified atom stereocenters. The second kappa shape index (κ2) is 8.31. The molecule has 1 aromatic carbocycles. The molecule has 0 bridgehead atoms. The molecule has 1 aliphatic heterocycles. The Kier molecular flexibility index (Phi) is 5.43. The van der Waals surface area contributed by atoms with Gasteiger partial charge in [0.25, 0.3) is 5.69 Å². The van der Waals surface area contributed by atoms with Crippen LogP contribution >= 0.6 is 12.2 Å². The summed E-state index contributed by atoms with van der Waals surface area (Å²) in [6, 6.07) is 10.6. The smallest absolute Gasteiger partial charge is 0.293 e. The van der Waals surface area contributed by atoms with Crippen molar-refractivity contribution in [3.8, 4) is 11.5 Å². The zero-order chi connectivity index (χ0) is 20.2. The Hall–Kier alpha value is -3.40. The summed E-state index contributed by atoms with van der Waals surface area (Å²) in [6.45, 7) is 1.68. The summed E-state index contributed by atoms with van der Waals surface area (Å²) in [6.07, 6.45) is 6.46. The Balaban J connectivity index is 1.66. The van der Waals surface area contributed by atoms with Crippen molar-refractivity contribution < 1.29 is 4.92 Å². The fourth-order valence-electron chi connectivity index (χ4n) is 3.35. The molecule has 0 amide bonds. The van der Waals surface area contributed by atoms with E-state index >= 15 is 0 Å². The number of piperidine rings is 1. The van der Waals surface area contributed by atoms with Crippen molar-refractivity contribution in [2.24, 2.45) is 5.10 Å². The summed E-state index contributed by atoms with van der Waals surface area (Å²) < 4.78 is 1.75. The number of hydrogen-bond donors (Lipinski definition) is 1. The third kappa shape index (κ3) is 4.06. The number of rotatable bonds is 5. The van der Waals surface area contributed by atoms with Crippen LogP contribution < -0.4 is 4.90 Å². The Morgan fingerprint density at radius 2 is 2.03 bits per heavy atom. The van der Waals surface area contributed by atoms with Gasteiger partial charge in [-0.25, -0.2) is 5.10 Å². The molecule has 148 valence electrons. The molecule has 29 heavy (non-hydrogen) atoms. The first-order chi connectivity index (χ1) is 14.1. The number of benzene rings is 1. The van der Waals surface area contributed by atoms with Gasteiger partial charge in [0.15, 0.2) is 0 Å². The summed E-state index contributed by atoms with van der Waals surface area (Å²) in [5.74, 6) is 0.464. The lowest BCUT2D eigenvalue weighted by Crippen LogP contribution is -2.29. The van der Waals surface area contributed by atoms with Crippen molar-refractivity contribution in [3.63, 3.8) is 0 Å². The molecule has 1 aliphatic rings. The van der Waals surface area contributed by atoms with Gasteiger partial charge in [-0.15, -0.1) is 0 Å². The minimum atomic E-state index is -0.343. The van der Waals surface area contributed by atoms with E-state index in [9.17, 15) is 10.1 Å². The van der Waals surface area contributed by atoms with Crippen molar-refractivity contribution in [1.82, 2.24) is 19.9 Å². The van der Waals surface area contributed by atoms with Crippen LogP contribution in [0.4, 0.5) is 11.4 Å². The van der Waals surface area contributed by atoms with Gasteiger partial charge in [0.2, 0.25) is 10.6 Å². The van der Waals surface area contributed by atoms with Crippen LogP contribution in [0.15, 0.2) is 47.7 Å². The minimum absolute atomic E-state index is 0.0802. The van der Waals surface area contributed by atoms with E-state index in [1.165, 1.54) is 23.4 Å². The zero-order valence-electron chi connectivity index (χ0n) is 15.6. The van der Waals surface area contributed by atoms with Crippen molar-refractivity contribution in [1.29, 1.82) is 0 Å². The Morgan fingerprint density at radius 1 is 1.21 bits per heavy atom. The predicted molar refractivity (Wildman–Crippen MR) is 113 cm³/mol. The van der Waals surface area contributed by atoms with Crippen LogP contribution in [0.1, 0.15) is 24.8 Å². The number of hydrogen-bond acceptors (Lipinski definition) is 7. The first-order valence-corrected chi connectivity index (χ1v) is 9.71. The lowest BCUT2D eigenvalue weighted by Gasteiger charge is -2.28. The van der Waals surface area contributed by atoms with E-state index in [1.807, 2.05) is 12.1 Å². The number of anilines is 1. The van der Waals surface area contributed by atoms with Crippen LogP contribution in [0.2, 0.25) is 0 Å². The van der Waals surface area contributed by atoms with Gasteiger partial charge in [-0.2, -0.15) is 14.9 Å². The van der Waals surface area contributed by atoms with E-state index in [0.717, 1.165) is 25.9 Å². The number of aromatic amines is 1. The molecule has 4 rings (SSSR count). The van der Waals surface area contributed by atoms with Gasteiger partial charge in [-0.3, -0.25) is 15.1 Å². The quantitative estimate of drug-likeness (QED) is 0.297. The number of nitro benzene ring substituents is 1. The first-order valence-electron chi connectivity index (χ1n) is 9.30. The van der Waals surface area contributed by atoms with Crippen molar-refractivity contribution in [3.05, 3.63) is 63.0 Å². The molecule has 0 aliphatic carbocycles. The van der Waals surface area contributed by atoms with Crippen LogP contribution in [0, 0.1) is 14.9 Å². The van der Waals surface area contributed by atoms with Gasteiger partial charge in [0.1, 0.15) is 11.4 Å². The van der Waals surface area contributed by atoms with E-state index in [1.54, 1.807) is 24.4 Å². The molecule has 3 aromatic rings. The highest BCUT2D eigenvalue weighted by Crippen LogP contribution is 2.31. The van der Waals surface area contributed by atoms with E-state index in [-0.39, 0.29) is 10.6 Å². The summed E-state index contributed by atoms with van der Waals surface area (Å²) in [7, 11) is 0.